The smallest absolute Gasteiger partial charge is 0.229 e. The summed E-state index contributed by atoms with van der Waals surface area (Å²) in [5.74, 6) is 0.316. The Kier molecular flexibility index (Phi) is 5.93. The fourth-order valence-electron chi connectivity index (χ4n) is 6.17. The predicted octanol–water partition coefficient (Wildman–Crippen LogP) is 5.15. The standard InChI is InChI=1S/C30H34N2O2/c1-21(18-22-12-13-23-8-4-5-9-24(23)19-22)28(33)32-16-14-30(15-17-32)20-26(29(34)31(2)3)25-10-6-7-11-27(25)30/h4-13,19,21,26H,14-18,20H2,1-3H3. The van der Waals surface area contributed by atoms with Gasteiger partial charge in [0, 0.05) is 38.5 Å². The number of likely N-dealkylation sites (tertiary alicyclic amines) is 1. The molecule has 1 heterocycles. The first-order valence-corrected chi connectivity index (χ1v) is 12.4. The number of carbonyl (C=O) groups is 2. The summed E-state index contributed by atoms with van der Waals surface area (Å²) in [5.41, 5.74) is 3.73. The van der Waals surface area contributed by atoms with E-state index in [-0.39, 0.29) is 29.1 Å². The van der Waals surface area contributed by atoms with Crippen LogP contribution in [0.4, 0.5) is 0 Å². The summed E-state index contributed by atoms with van der Waals surface area (Å²) in [5, 5.41) is 2.45. The molecule has 4 nitrogen and oxygen atoms in total. The minimum absolute atomic E-state index is 0.00525. The molecule has 2 atom stereocenters. The Morgan fingerprint density at radius 3 is 2.38 bits per heavy atom. The largest absolute Gasteiger partial charge is 0.348 e. The molecule has 3 aromatic carbocycles. The summed E-state index contributed by atoms with van der Waals surface area (Å²) in [6.45, 7) is 3.58. The fourth-order valence-corrected chi connectivity index (χ4v) is 6.17. The molecule has 2 aliphatic rings. The summed E-state index contributed by atoms with van der Waals surface area (Å²) < 4.78 is 0. The molecule has 3 aromatic rings. The molecular formula is C30H34N2O2. The molecule has 0 saturated carbocycles. The van der Waals surface area contributed by atoms with Crippen molar-refractivity contribution in [3.63, 3.8) is 0 Å². The van der Waals surface area contributed by atoms with Gasteiger partial charge in [0.15, 0.2) is 0 Å². The predicted molar refractivity (Wildman–Crippen MR) is 137 cm³/mol. The summed E-state index contributed by atoms with van der Waals surface area (Å²) in [6, 6.07) is 23.3. The molecule has 0 bridgehead atoms. The van der Waals surface area contributed by atoms with Gasteiger partial charge in [-0.05, 0) is 53.1 Å². The van der Waals surface area contributed by atoms with Gasteiger partial charge >= 0.3 is 0 Å². The lowest BCUT2D eigenvalue weighted by atomic mass is 9.73. The number of nitrogens with zero attached hydrogens (tertiary/aromatic N) is 2. The van der Waals surface area contributed by atoms with Gasteiger partial charge in [-0.1, -0.05) is 73.7 Å². The van der Waals surface area contributed by atoms with E-state index in [1.54, 1.807) is 4.90 Å². The first kappa shape index (κ1) is 22.6. The zero-order valence-electron chi connectivity index (χ0n) is 20.5. The minimum atomic E-state index is -0.0692. The van der Waals surface area contributed by atoms with E-state index in [9.17, 15) is 9.59 Å². The molecule has 0 radical (unpaired) electrons. The second kappa shape index (κ2) is 8.90. The maximum absolute atomic E-state index is 13.3. The quantitative estimate of drug-likeness (QED) is 0.547. The van der Waals surface area contributed by atoms with E-state index in [2.05, 4.69) is 72.5 Å². The lowest BCUT2D eigenvalue weighted by Crippen LogP contribution is -2.46. The molecule has 2 amide bonds. The van der Waals surface area contributed by atoms with Gasteiger partial charge in [0.1, 0.15) is 0 Å². The molecule has 34 heavy (non-hydrogen) atoms. The summed E-state index contributed by atoms with van der Waals surface area (Å²) in [7, 11) is 3.68. The number of hydrogen-bond donors (Lipinski definition) is 0. The van der Waals surface area contributed by atoms with Gasteiger partial charge in [0.05, 0.1) is 5.92 Å². The minimum Gasteiger partial charge on any atom is -0.348 e. The van der Waals surface area contributed by atoms with Crippen molar-refractivity contribution in [1.29, 1.82) is 0 Å². The van der Waals surface area contributed by atoms with Gasteiger partial charge in [0.25, 0.3) is 0 Å². The van der Waals surface area contributed by atoms with Crippen molar-refractivity contribution in [3.05, 3.63) is 83.4 Å². The lowest BCUT2D eigenvalue weighted by Gasteiger charge is -2.41. The first-order valence-electron chi connectivity index (χ1n) is 12.4. The highest BCUT2D eigenvalue weighted by Gasteiger charge is 2.48. The maximum atomic E-state index is 13.3. The molecule has 1 aliphatic carbocycles. The van der Waals surface area contributed by atoms with E-state index in [1.807, 2.05) is 20.2 Å². The zero-order valence-corrected chi connectivity index (χ0v) is 20.5. The molecule has 1 saturated heterocycles. The van der Waals surface area contributed by atoms with E-state index in [0.717, 1.165) is 38.8 Å². The summed E-state index contributed by atoms with van der Waals surface area (Å²) in [6.07, 6.45) is 3.47. The second-order valence-electron chi connectivity index (χ2n) is 10.5. The van der Waals surface area contributed by atoms with Gasteiger partial charge in [-0.3, -0.25) is 9.59 Å². The summed E-state index contributed by atoms with van der Waals surface area (Å²) in [4.78, 5) is 30.0. The van der Waals surface area contributed by atoms with Crippen molar-refractivity contribution in [2.75, 3.05) is 27.2 Å². The molecule has 1 aliphatic heterocycles. The van der Waals surface area contributed by atoms with Crippen molar-refractivity contribution in [3.8, 4) is 0 Å². The molecule has 2 unspecified atom stereocenters. The highest BCUT2D eigenvalue weighted by molar-refractivity contribution is 5.86. The van der Waals surface area contributed by atoms with Gasteiger partial charge in [-0.25, -0.2) is 0 Å². The van der Waals surface area contributed by atoms with Crippen LogP contribution in [0.15, 0.2) is 66.7 Å². The average molecular weight is 455 g/mol. The molecule has 0 N–H and O–H groups in total. The van der Waals surface area contributed by atoms with Crippen LogP contribution in [0.1, 0.15) is 48.8 Å². The molecule has 176 valence electrons. The highest BCUT2D eigenvalue weighted by Crippen LogP contribution is 2.52. The Bertz CT molecular complexity index is 1220. The van der Waals surface area contributed by atoms with Crippen LogP contribution >= 0.6 is 0 Å². The Balaban J connectivity index is 1.27. The fraction of sp³-hybridized carbons (Fsp3) is 0.400. The first-order chi connectivity index (χ1) is 16.4. The van der Waals surface area contributed by atoms with Crippen molar-refractivity contribution in [1.82, 2.24) is 9.80 Å². The van der Waals surface area contributed by atoms with E-state index in [0.29, 0.717) is 0 Å². The Hall–Kier alpha value is -3.14. The molecule has 5 rings (SSSR count). The molecular weight excluding hydrogens is 420 g/mol. The van der Waals surface area contributed by atoms with E-state index >= 15 is 0 Å². The number of carbonyl (C=O) groups excluding carboxylic acids is 2. The average Bonchev–Trinajstić information content (AvgIpc) is 3.17. The topological polar surface area (TPSA) is 40.6 Å². The van der Waals surface area contributed by atoms with Crippen molar-refractivity contribution in [2.24, 2.45) is 5.92 Å². The summed E-state index contributed by atoms with van der Waals surface area (Å²) >= 11 is 0. The van der Waals surface area contributed by atoms with Gasteiger partial charge in [-0.15, -0.1) is 0 Å². The number of fused-ring (bicyclic) bond motifs is 3. The highest BCUT2D eigenvalue weighted by atomic mass is 16.2. The van der Waals surface area contributed by atoms with E-state index < -0.39 is 0 Å². The van der Waals surface area contributed by atoms with Crippen molar-refractivity contribution in [2.45, 2.75) is 43.9 Å². The number of rotatable bonds is 4. The normalized spacial score (nSPS) is 19.7. The Labute approximate surface area is 202 Å². The molecule has 4 heteroatoms. The van der Waals surface area contributed by atoms with Gasteiger partial charge in [0.2, 0.25) is 11.8 Å². The SMILES string of the molecule is CC(Cc1ccc2ccccc2c1)C(=O)N1CCC2(CC1)CC(C(=O)N(C)C)c1ccccc12. The van der Waals surface area contributed by atoms with Gasteiger partial charge in [-0.2, -0.15) is 0 Å². The van der Waals surface area contributed by atoms with Crippen LogP contribution in [-0.2, 0) is 21.4 Å². The zero-order chi connectivity index (χ0) is 23.9. The molecule has 0 aromatic heterocycles. The molecule has 1 fully saturated rings. The van der Waals surface area contributed by atoms with Crippen molar-refractivity contribution >= 4 is 22.6 Å². The third-order valence-corrected chi connectivity index (χ3v) is 8.05. The maximum Gasteiger partial charge on any atom is 0.229 e. The van der Waals surface area contributed by atoms with Crippen LogP contribution in [0.5, 0.6) is 0 Å². The second-order valence-corrected chi connectivity index (χ2v) is 10.5. The van der Waals surface area contributed by atoms with Crippen LogP contribution in [-0.4, -0.2) is 48.8 Å². The third kappa shape index (κ3) is 4.00. The number of likely N-dealkylation sites (N-methyl/N-ethyl adjacent to an activating group) is 1. The van der Waals surface area contributed by atoms with Crippen molar-refractivity contribution < 1.29 is 9.59 Å². The Morgan fingerprint density at radius 2 is 1.65 bits per heavy atom. The Morgan fingerprint density at radius 1 is 0.971 bits per heavy atom. The van der Waals surface area contributed by atoms with Crippen LogP contribution in [0.3, 0.4) is 0 Å². The van der Waals surface area contributed by atoms with Crippen LogP contribution in [0.2, 0.25) is 0 Å². The number of benzene rings is 3. The van der Waals surface area contributed by atoms with Crippen LogP contribution < -0.4 is 0 Å². The van der Waals surface area contributed by atoms with E-state index in [1.165, 1.54) is 27.5 Å². The van der Waals surface area contributed by atoms with Crippen LogP contribution in [0.25, 0.3) is 10.8 Å². The number of piperidine rings is 1. The number of hydrogen-bond acceptors (Lipinski definition) is 2. The monoisotopic (exact) mass is 454 g/mol. The van der Waals surface area contributed by atoms with E-state index in [4.69, 9.17) is 0 Å². The number of amides is 2. The lowest BCUT2D eigenvalue weighted by molar-refractivity contribution is -0.137. The van der Waals surface area contributed by atoms with Gasteiger partial charge < -0.3 is 9.80 Å². The molecule has 1 spiro atoms. The third-order valence-electron chi connectivity index (χ3n) is 8.05. The van der Waals surface area contributed by atoms with Crippen LogP contribution in [0, 0.1) is 5.92 Å².